The Balaban J connectivity index is 1.58. The summed E-state index contributed by atoms with van der Waals surface area (Å²) in [5.41, 5.74) is 1.31. The fourth-order valence-corrected chi connectivity index (χ4v) is 5.87. The number of nitrogens with one attached hydrogen (secondary N) is 1. The molecule has 32 heavy (non-hydrogen) atoms. The Morgan fingerprint density at radius 2 is 1.81 bits per heavy atom. The minimum absolute atomic E-state index is 0.149. The highest BCUT2D eigenvalue weighted by atomic mass is 32.1. The van der Waals surface area contributed by atoms with Crippen molar-refractivity contribution in [2.45, 2.75) is 53.4 Å². The molecule has 2 heterocycles. The Kier molecular flexibility index (Phi) is 8.11. The molecule has 0 spiro atoms. The number of rotatable bonds is 7. The van der Waals surface area contributed by atoms with Crippen LogP contribution in [0.5, 0.6) is 0 Å². The van der Waals surface area contributed by atoms with E-state index in [1.807, 2.05) is 22.9 Å². The minimum atomic E-state index is -0.486. The van der Waals surface area contributed by atoms with Gasteiger partial charge in [-0.05, 0) is 55.4 Å². The van der Waals surface area contributed by atoms with Crippen LogP contribution in [-0.4, -0.2) is 31.1 Å². The van der Waals surface area contributed by atoms with Crippen LogP contribution in [0, 0.1) is 17.3 Å². The van der Waals surface area contributed by atoms with Gasteiger partial charge in [0.05, 0.1) is 12.5 Å². The standard InChI is InChI=1S/C24H31NO5S2/c1-5-29-23(28)20-17(18-7-6-12-31-18)14-32-21(20)25-19(26)13-30-22(27)15-8-10-16(11-9-15)24(2,3)4/h6-7,12,14-16H,5,8-11,13H2,1-4H3,(H,25,26). The summed E-state index contributed by atoms with van der Waals surface area (Å²) in [5.74, 6) is -0.813. The molecule has 0 saturated heterocycles. The van der Waals surface area contributed by atoms with Crippen molar-refractivity contribution in [3.05, 3.63) is 28.5 Å². The van der Waals surface area contributed by atoms with Crippen molar-refractivity contribution in [1.82, 2.24) is 0 Å². The molecule has 6 nitrogen and oxygen atoms in total. The third-order valence-corrected chi connectivity index (χ3v) is 7.74. The van der Waals surface area contributed by atoms with Gasteiger partial charge in [0, 0.05) is 15.8 Å². The Hall–Kier alpha value is -2.19. The van der Waals surface area contributed by atoms with E-state index >= 15 is 0 Å². The number of thiophene rings is 2. The van der Waals surface area contributed by atoms with E-state index in [9.17, 15) is 14.4 Å². The summed E-state index contributed by atoms with van der Waals surface area (Å²) in [6.07, 6.45) is 3.59. The smallest absolute Gasteiger partial charge is 0.341 e. The van der Waals surface area contributed by atoms with Gasteiger partial charge in [-0.2, -0.15) is 0 Å². The lowest BCUT2D eigenvalue weighted by atomic mass is 9.70. The van der Waals surface area contributed by atoms with Crippen molar-refractivity contribution in [1.29, 1.82) is 0 Å². The number of carbonyl (C=O) groups is 3. The zero-order chi connectivity index (χ0) is 23.3. The van der Waals surface area contributed by atoms with Gasteiger partial charge in [0.2, 0.25) is 0 Å². The number of esters is 2. The average Bonchev–Trinajstić information content (AvgIpc) is 3.41. The minimum Gasteiger partial charge on any atom is -0.462 e. The molecule has 0 aromatic carbocycles. The van der Waals surface area contributed by atoms with E-state index in [4.69, 9.17) is 9.47 Å². The summed E-state index contributed by atoms with van der Waals surface area (Å²) in [4.78, 5) is 38.4. The Morgan fingerprint density at radius 1 is 1.09 bits per heavy atom. The topological polar surface area (TPSA) is 81.7 Å². The number of amides is 1. The summed E-state index contributed by atoms with van der Waals surface area (Å²) in [6, 6.07) is 3.82. The van der Waals surface area contributed by atoms with Crippen molar-refractivity contribution < 1.29 is 23.9 Å². The van der Waals surface area contributed by atoms with Gasteiger partial charge in [-0.15, -0.1) is 22.7 Å². The summed E-state index contributed by atoms with van der Waals surface area (Å²) in [7, 11) is 0. The molecule has 0 atom stereocenters. The maximum Gasteiger partial charge on any atom is 0.341 e. The molecular weight excluding hydrogens is 446 g/mol. The van der Waals surface area contributed by atoms with Crippen LogP contribution in [0.3, 0.4) is 0 Å². The Bertz CT molecular complexity index is 934. The maximum absolute atomic E-state index is 12.5. The summed E-state index contributed by atoms with van der Waals surface area (Å²) in [5, 5.41) is 6.88. The number of carbonyl (C=O) groups excluding carboxylic acids is 3. The fraction of sp³-hybridized carbons (Fsp3) is 0.542. The fourth-order valence-electron chi connectivity index (χ4n) is 4.08. The molecule has 3 rings (SSSR count). The zero-order valence-corrected chi connectivity index (χ0v) is 20.7. The number of anilines is 1. The van der Waals surface area contributed by atoms with Gasteiger partial charge in [-0.3, -0.25) is 9.59 Å². The highest BCUT2D eigenvalue weighted by Crippen LogP contribution is 2.40. The van der Waals surface area contributed by atoms with Gasteiger partial charge in [-0.25, -0.2) is 4.79 Å². The number of hydrogen-bond acceptors (Lipinski definition) is 7. The molecule has 174 valence electrons. The van der Waals surface area contributed by atoms with Gasteiger partial charge < -0.3 is 14.8 Å². The van der Waals surface area contributed by atoms with Crippen molar-refractivity contribution >= 4 is 45.5 Å². The molecule has 0 unspecified atom stereocenters. The van der Waals surface area contributed by atoms with Gasteiger partial charge in [0.1, 0.15) is 10.6 Å². The maximum atomic E-state index is 12.5. The monoisotopic (exact) mass is 477 g/mol. The lowest BCUT2D eigenvalue weighted by Gasteiger charge is -2.36. The van der Waals surface area contributed by atoms with E-state index in [1.165, 1.54) is 22.7 Å². The second-order valence-electron chi connectivity index (χ2n) is 9.12. The molecule has 0 bridgehead atoms. The highest BCUT2D eigenvalue weighted by Gasteiger charge is 2.33. The van der Waals surface area contributed by atoms with Crippen LogP contribution in [0.15, 0.2) is 22.9 Å². The van der Waals surface area contributed by atoms with Gasteiger partial charge in [0.15, 0.2) is 6.61 Å². The summed E-state index contributed by atoms with van der Waals surface area (Å²) < 4.78 is 10.5. The number of ether oxygens (including phenoxy) is 2. The van der Waals surface area contributed by atoms with Gasteiger partial charge in [-0.1, -0.05) is 26.8 Å². The first-order valence-electron chi connectivity index (χ1n) is 11.0. The lowest BCUT2D eigenvalue weighted by molar-refractivity contribution is -0.153. The zero-order valence-electron chi connectivity index (χ0n) is 19.1. The van der Waals surface area contributed by atoms with E-state index < -0.39 is 11.9 Å². The first-order valence-corrected chi connectivity index (χ1v) is 12.8. The van der Waals surface area contributed by atoms with Crippen LogP contribution in [-0.2, 0) is 19.1 Å². The summed E-state index contributed by atoms with van der Waals surface area (Å²) >= 11 is 2.76. The molecule has 1 saturated carbocycles. The van der Waals surface area contributed by atoms with Gasteiger partial charge in [0.25, 0.3) is 5.91 Å². The second kappa shape index (κ2) is 10.6. The molecule has 2 aromatic rings. The van der Waals surface area contributed by atoms with Gasteiger partial charge >= 0.3 is 11.9 Å². The molecule has 0 aliphatic heterocycles. The van der Waals surface area contributed by atoms with Crippen LogP contribution in [0.25, 0.3) is 10.4 Å². The second-order valence-corrected chi connectivity index (χ2v) is 10.9. The normalized spacial score (nSPS) is 18.8. The van der Waals surface area contributed by atoms with Crippen LogP contribution < -0.4 is 5.32 Å². The van der Waals surface area contributed by atoms with Crippen molar-refractivity contribution in [3.63, 3.8) is 0 Å². The van der Waals surface area contributed by atoms with E-state index in [2.05, 4.69) is 26.1 Å². The van der Waals surface area contributed by atoms with Crippen molar-refractivity contribution in [2.75, 3.05) is 18.5 Å². The largest absolute Gasteiger partial charge is 0.462 e. The van der Waals surface area contributed by atoms with E-state index in [0.717, 1.165) is 36.1 Å². The van der Waals surface area contributed by atoms with E-state index in [0.29, 0.717) is 16.5 Å². The van der Waals surface area contributed by atoms with E-state index in [1.54, 1.807) is 6.92 Å². The molecule has 1 fully saturated rings. The predicted molar refractivity (Wildman–Crippen MR) is 128 cm³/mol. The third-order valence-electron chi connectivity index (χ3n) is 5.94. The Labute approximate surface area is 197 Å². The molecule has 2 aromatic heterocycles. The SMILES string of the molecule is CCOC(=O)c1c(-c2cccs2)csc1NC(=O)COC(=O)C1CCC(C(C)(C)C)CC1. The quantitative estimate of drug-likeness (QED) is 0.496. The van der Waals surface area contributed by atoms with Crippen LogP contribution in [0.1, 0.15) is 63.7 Å². The summed E-state index contributed by atoms with van der Waals surface area (Å²) in [6.45, 7) is 8.31. The molecule has 1 aliphatic rings. The van der Waals surface area contributed by atoms with Crippen molar-refractivity contribution in [3.8, 4) is 10.4 Å². The van der Waals surface area contributed by atoms with Crippen LogP contribution >= 0.6 is 22.7 Å². The number of hydrogen-bond donors (Lipinski definition) is 1. The highest BCUT2D eigenvalue weighted by molar-refractivity contribution is 7.17. The molecule has 1 amide bonds. The Morgan fingerprint density at radius 3 is 2.41 bits per heavy atom. The molecule has 0 radical (unpaired) electrons. The van der Waals surface area contributed by atoms with Crippen LogP contribution in [0.4, 0.5) is 5.00 Å². The predicted octanol–water partition coefficient (Wildman–Crippen LogP) is 5.99. The molecular formula is C24H31NO5S2. The first kappa shape index (κ1) is 24.5. The third kappa shape index (κ3) is 5.98. The first-order chi connectivity index (χ1) is 15.2. The van der Waals surface area contributed by atoms with Crippen LogP contribution in [0.2, 0.25) is 0 Å². The molecule has 1 N–H and O–H groups in total. The molecule has 1 aliphatic carbocycles. The average molecular weight is 478 g/mol. The lowest BCUT2D eigenvalue weighted by Crippen LogP contribution is -2.31. The van der Waals surface area contributed by atoms with Crippen molar-refractivity contribution in [2.24, 2.45) is 17.3 Å². The van der Waals surface area contributed by atoms with E-state index in [-0.39, 0.29) is 30.5 Å². The molecule has 8 heteroatoms.